The van der Waals surface area contributed by atoms with Crippen molar-refractivity contribution in [1.82, 2.24) is 4.90 Å². The molecule has 17 heavy (non-hydrogen) atoms. The van der Waals surface area contributed by atoms with Crippen LogP contribution < -0.4 is 0 Å². The van der Waals surface area contributed by atoms with Crippen LogP contribution in [-0.4, -0.2) is 31.1 Å². The van der Waals surface area contributed by atoms with Crippen LogP contribution in [0, 0.1) is 11.6 Å². The Bertz CT molecular complexity index is 396. The van der Waals surface area contributed by atoms with Gasteiger partial charge in [0.25, 0.3) is 0 Å². The zero-order valence-corrected chi connectivity index (χ0v) is 9.87. The molecule has 0 saturated carbocycles. The minimum atomic E-state index is -0.909. The van der Waals surface area contributed by atoms with Crippen LogP contribution in [0.2, 0.25) is 0 Å². The third-order valence-corrected chi connectivity index (χ3v) is 2.26. The normalized spacial score (nSPS) is 10.4. The predicted molar refractivity (Wildman–Crippen MR) is 59.3 cm³/mol. The summed E-state index contributed by atoms with van der Waals surface area (Å²) < 4.78 is 30.6. The number of likely N-dealkylation sites (N-methyl/N-ethyl adjacent to an activating group) is 1. The largest absolute Gasteiger partial charge is 0.372 e. The smallest absolute Gasteiger partial charge is 0.248 e. The third-order valence-electron chi connectivity index (χ3n) is 2.26. The van der Waals surface area contributed by atoms with Crippen molar-refractivity contribution in [2.45, 2.75) is 13.5 Å². The van der Waals surface area contributed by atoms with Gasteiger partial charge in [0.05, 0.1) is 0 Å². The molecule has 1 aromatic rings. The van der Waals surface area contributed by atoms with Crippen LogP contribution in [0.4, 0.5) is 8.78 Å². The van der Waals surface area contributed by atoms with Crippen LogP contribution in [0.1, 0.15) is 12.5 Å². The Hall–Kier alpha value is -1.49. The van der Waals surface area contributed by atoms with Crippen LogP contribution in [0.15, 0.2) is 18.2 Å². The summed E-state index contributed by atoms with van der Waals surface area (Å²) in [5.74, 6) is -2.00. The van der Waals surface area contributed by atoms with Gasteiger partial charge in [-0.3, -0.25) is 4.79 Å². The van der Waals surface area contributed by atoms with E-state index in [0.717, 1.165) is 12.1 Å². The van der Waals surface area contributed by atoms with E-state index in [9.17, 15) is 13.6 Å². The Labute approximate surface area is 99.0 Å². The lowest BCUT2D eigenvalue weighted by molar-refractivity contribution is -0.135. The molecule has 0 aliphatic rings. The number of amides is 1. The Morgan fingerprint density at radius 1 is 1.35 bits per heavy atom. The SMILES string of the molecule is CCOCC(=O)N(C)Cc1ccc(F)c(F)c1. The summed E-state index contributed by atoms with van der Waals surface area (Å²) in [6, 6.07) is 3.58. The lowest BCUT2D eigenvalue weighted by Crippen LogP contribution is -2.29. The standard InChI is InChI=1S/C12H15F2NO2/c1-3-17-8-12(16)15(2)7-9-4-5-10(13)11(14)6-9/h4-6H,3,7-8H2,1-2H3. The molecule has 1 amide bonds. The van der Waals surface area contributed by atoms with E-state index in [1.54, 1.807) is 14.0 Å². The van der Waals surface area contributed by atoms with E-state index in [0.29, 0.717) is 12.2 Å². The number of carbonyl (C=O) groups is 1. The molecular formula is C12H15F2NO2. The highest BCUT2D eigenvalue weighted by atomic mass is 19.2. The Morgan fingerprint density at radius 3 is 2.65 bits per heavy atom. The fourth-order valence-corrected chi connectivity index (χ4v) is 1.30. The Balaban J connectivity index is 2.58. The topological polar surface area (TPSA) is 29.5 Å². The summed E-state index contributed by atoms with van der Waals surface area (Å²) in [6.07, 6.45) is 0. The quantitative estimate of drug-likeness (QED) is 0.791. The van der Waals surface area contributed by atoms with Gasteiger partial charge in [-0.2, -0.15) is 0 Å². The minimum absolute atomic E-state index is 0.00330. The van der Waals surface area contributed by atoms with Crippen LogP contribution >= 0.6 is 0 Å². The molecule has 0 heterocycles. The molecule has 3 nitrogen and oxygen atoms in total. The second-order valence-electron chi connectivity index (χ2n) is 3.64. The molecule has 0 atom stereocenters. The van der Waals surface area contributed by atoms with Crippen LogP contribution in [-0.2, 0) is 16.1 Å². The molecule has 1 rings (SSSR count). The summed E-state index contributed by atoms with van der Waals surface area (Å²) in [6.45, 7) is 2.48. The molecule has 0 aliphatic carbocycles. The van der Waals surface area contributed by atoms with Gasteiger partial charge in [-0.25, -0.2) is 8.78 Å². The van der Waals surface area contributed by atoms with Gasteiger partial charge in [0.1, 0.15) is 6.61 Å². The first-order chi connectivity index (χ1) is 8.04. The molecule has 0 radical (unpaired) electrons. The van der Waals surface area contributed by atoms with Crippen molar-refractivity contribution in [3.63, 3.8) is 0 Å². The summed E-state index contributed by atoms with van der Waals surface area (Å²) >= 11 is 0. The maximum absolute atomic E-state index is 12.9. The van der Waals surface area contributed by atoms with E-state index in [-0.39, 0.29) is 19.1 Å². The molecule has 0 spiro atoms. The van der Waals surface area contributed by atoms with E-state index >= 15 is 0 Å². The van der Waals surface area contributed by atoms with Gasteiger partial charge in [0, 0.05) is 20.2 Å². The fourth-order valence-electron chi connectivity index (χ4n) is 1.30. The molecular weight excluding hydrogens is 228 g/mol. The number of nitrogens with zero attached hydrogens (tertiary/aromatic N) is 1. The van der Waals surface area contributed by atoms with Gasteiger partial charge in [-0.1, -0.05) is 6.07 Å². The molecule has 0 unspecified atom stereocenters. The summed E-state index contributed by atoms with van der Waals surface area (Å²) in [5.41, 5.74) is 0.538. The molecule has 0 aliphatic heterocycles. The van der Waals surface area contributed by atoms with E-state index in [4.69, 9.17) is 4.74 Å². The van der Waals surface area contributed by atoms with Gasteiger partial charge in [-0.05, 0) is 24.6 Å². The molecule has 0 saturated heterocycles. The van der Waals surface area contributed by atoms with Crippen LogP contribution in [0.5, 0.6) is 0 Å². The second-order valence-corrected chi connectivity index (χ2v) is 3.64. The predicted octanol–water partition coefficient (Wildman–Crippen LogP) is 1.96. The minimum Gasteiger partial charge on any atom is -0.372 e. The number of benzene rings is 1. The molecule has 1 aromatic carbocycles. The van der Waals surface area contributed by atoms with Crippen molar-refractivity contribution in [3.8, 4) is 0 Å². The monoisotopic (exact) mass is 243 g/mol. The summed E-state index contributed by atoms with van der Waals surface area (Å²) in [5, 5.41) is 0. The first-order valence-electron chi connectivity index (χ1n) is 5.30. The van der Waals surface area contributed by atoms with E-state index in [1.165, 1.54) is 11.0 Å². The number of hydrogen-bond donors (Lipinski definition) is 0. The van der Waals surface area contributed by atoms with E-state index < -0.39 is 11.6 Å². The van der Waals surface area contributed by atoms with E-state index in [2.05, 4.69) is 0 Å². The molecule has 0 fully saturated rings. The van der Waals surface area contributed by atoms with Gasteiger partial charge in [0.2, 0.25) is 5.91 Å². The van der Waals surface area contributed by atoms with Crippen molar-refractivity contribution in [2.24, 2.45) is 0 Å². The van der Waals surface area contributed by atoms with Crippen molar-refractivity contribution < 1.29 is 18.3 Å². The lowest BCUT2D eigenvalue weighted by atomic mass is 10.2. The zero-order valence-electron chi connectivity index (χ0n) is 9.87. The zero-order chi connectivity index (χ0) is 12.8. The number of halogens is 2. The maximum Gasteiger partial charge on any atom is 0.248 e. The highest BCUT2D eigenvalue weighted by Gasteiger charge is 2.10. The van der Waals surface area contributed by atoms with Gasteiger partial charge in [-0.15, -0.1) is 0 Å². The fraction of sp³-hybridized carbons (Fsp3) is 0.417. The molecule has 5 heteroatoms. The maximum atomic E-state index is 12.9. The lowest BCUT2D eigenvalue weighted by Gasteiger charge is -2.17. The van der Waals surface area contributed by atoms with Crippen molar-refractivity contribution in [3.05, 3.63) is 35.4 Å². The van der Waals surface area contributed by atoms with Crippen LogP contribution in [0.3, 0.4) is 0 Å². The first-order valence-corrected chi connectivity index (χ1v) is 5.30. The number of carbonyl (C=O) groups excluding carboxylic acids is 1. The average Bonchev–Trinajstić information content (AvgIpc) is 2.30. The first kappa shape index (κ1) is 13.6. The van der Waals surface area contributed by atoms with Crippen LogP contribution in [0.25, 0.3) is 0 Å². The number of ether oxygens (including phenoxy) is 1. The number of hydrogen-bond acceptors (Lipinski definition) is 2. The third kappa shape index (κ3) is 4.11. The Morgan fingerprint density at radius 2 is 2.06 bits per heavy atom. The highest BCUT2D eigenvalue weighted by Crippen LogP contribution is 2.10. The van der Waals surface area contributed by atoms with Crippen molar-refractivity contribution in [2.75, 3.05) is 20.3 Å². The van der Waals surface area contributed by atoms with Gasteiger partial charge < -0.3 is 9.64 Å². The second kappa shape index (κ2) is 6.30. The average molecular weight is 243 g/mol. The molecule has 0 N–H and O–H groups in total. The number of rotatable bonds is 5. The highest BCUT2D eigenvalue weighted by molar-refractivity contribution is 5.77. The van der Waals surface area contributed by atoms with Gasteiger partial charge >= 0.3 is 0 Å². The molecule has 94 valence electrons. The van der Waals surface area contributed by atoms with E-state index in [1.807, 2.05) is 0 Å². The van der Waals surface area contributed by atoms with Gasteiger partial charge in [0.15, 0.2) is 11.6 Å². The Kier molecular flexibility index (Phi) is 5.03. The molecule has 0 aromatic heterocycles. The summed E-state index contributed by atoms with van der Waals surface area (Å²) in [7, 11) is 1.59. The molecule has 0 bridgehead atoms. The summed E-state index contributed by atoms with van der Waals surface area (Å²) in [4.78, 5) is 12.9. The van der Waals surface area contributed by atoms with Crippen molar-refractivity contribution in [1.29, 1.82) is 0 Å². The van der Waals surface area contributed by atoms with Crippen molar-refractivity contribution >= 4 is 5.91 Å².